The van der Waals surface area contributed by atoms with Gasteiger partial charge in [-0.2, -0.15) is 0 Å². The zero-order valence-electron chi connectivity index (χ0n) is 10.2. The summed E-state index contributed by atoms with van der Waals surface area (Å²) >= 11 is 0. The smallest absolute Gasteiger partial charge is 0.313 e. The molecule has 1 aromatic carbocycles. The lowest BCUT2D eigenvalue weighted by Gasteiger charge is -2.13. The van der Waals surface area contributed by atoms with Crippen LogP contribution in [0.5, 0.6) is 0 Å². The van der Waals surface area contributed by atoms with Crippen molar-refractivity contribution in [3.8, 4) is 0 Å². The second-order valence-electron chi connectivity index (χ2n) is 3.84. The van der Waals surface area contributed by atoms with Crippen molar-refractivity contribution in [2.45, 2.75) is 19.4 Å². The van der Waals surface area contributed by atoms with Crippen molar-refractivity contribution in [2.75, 3.05) is 11.9 Å². The SMILES string of the molecule is CC[C@H](CO)NC(=O)C(=O)Nc1ccc(F)cc1F. The van der Waals surface area contributed by atoms with E-state index in [4.69, 9.17) is 5.11 Å². The van der Waals surface area contributed by atoms with E-state index in [2.05, 4.69) is 5.32 Å². The van der Waals surface area contributed by atoms with Gasteiger partial charge < -0.3 is 15.7 Å². The number of carbonyl (C=O) groups is 2. The molecule has 0 heterocycles. The standard InChI is InChI=1S/C12H14F2N2O3/c1-2-8(6-17)15-11(18)12(19)16-10-4-3-7(13)5-9(10)14/h3-5,8,17H,2,6H2,1H3,(H,15,18)(H,16,19)/t8-/m1/s1. The van der Waals surface area contributed by atoms with Gasteiger partial charge in [-0.3, -0.25) is 9.59 Å². The van der Waals surface area contributed by atoms with E-state index in [1.54, 1.807) is 6.92 Å². The van der Waals surface area contributed by atoms with E-state index in [1.165, 1.54) is 0 Å². The minimum absolute atomic E-state index is 0.293. The Morgan fingerprint density at radius 3 is 2.53 bits per heavy atom. The van der Waals surface area contributed by atoms with Crippen molar-refractivity contribution in [1.29, 1.82) is 0 Å². The fourth-order valence-corrected chi connectivity index (χ4v) is 1.30. The van der Waals surface area contributed by atoms with Crippen LogP contribution in [0.2, 0.25) is 0 Å². The van der Waals surface area contributed by atoms with Gasteiger partial charge in [-0.15, -0.1) is 0 Å². The number of aliphatic hydroxyl groups is 1. The number of carbonyl (C=O) groups excluding carboxylic acids is 2. The first-order chi connectivity index (χ1) is 8.97. The molecule has 0 aromatic heterocycles. The Hall–Kier alpha value is -2.02. The number of halogens is 2. The molecule has 0 saturated carbocycles. The average Bonchev–Trinajstić information content (AvgIpc) is 2.38. The molecule has 5 nitrogen and oxygen atoms in total. The lowest BCUT2D eigenvalue weighted by molar-refractivity contribution is -0.136. The van der Waals surface area contributed by atoms with Crippen LogP contribution in [0.4, 0.5) is 14.5 Å². The summed E-state index contributed by atoms with van der Waals surface area (Å²) in [4.78, 5) is 22.9. The van der Waals surface area contributed by atoms with E-state index >= 15 is 0 Å². The lowest BCUT2D eigenvalue weighted by atomic mass is 10.2. The maximum atomic E-state index is 13.2. The maximum Gasteiger partial charge on any atom is 0.313 e. The molecule has 1 atom stereocenters. The van der Waals surface area contributed by atoms with Crippen molar-refractivity contribution in [2.24, 2.45) is 0 Å². The monoisotopic (exact) mass is 272 g/mol. The van der Waals surface area contributed by atoms with Crippen LogP contribution in [0.15, 0.2) is 18.2 Å². The first-order valence-electron chi connectivity index (χ1n) is 5.65. The van der Waals surface area contributed by atoms with Crippen molar-refractivity contribution >= 4 is 17.5 Å². The fourth-order valence-electron chi connectivity index (χ4n) is 1.30. The van der Waals surface area contributed by atoms with Gasteiger partial charge in [-0.25, -0.2) is 8.78 Å². The van der Waals surface area contributed by atoms with E-state index in [0.717, 1.165) is 12.1 Å². The molecule has 1 aromatic rings. The summed E-state index contributed by atoms with van der Waals surface area (Å²) in [5, 5.41) is 13.2. The Kier molecular flexibility index (Phi) is 5.37. The number of hydrogen-bond acceptors (Lipinski definition) is 3. The van der Waals surface area contributed by atoms with Crippen LogP contribution < -0.4 is 10.6 Å². The average molecular weight is 272 g/mol. The number of anilines is 1. The van der Waals surface area contributed by atoms with E-state index in [9.17, 15) is 18.4 Å². The van der Waals surface area contributed by atoms with Gasteiger partial charge in [0.25, 0.3) is 0 Å². The zero-order valence-corrected chi connectivity index (χ0v) is 10.2. The van der Waals surface area contributed by atoms with Gasteiger partial charge >= 0.3 is 11.8 Å². The molecule has 1 rings (SSSR count). The van der Waals surface area contributed by atoms with Crippen LogP contribution in [0.1, 0.15) is 13.3 Å². The molecule has 0 aliphatic carbocycles. The first kappa shape index (κ1) is 15.0. The minimum Gasteiger partial charge on any atom is -0.394 e. The number of nitrogens with one attached hydrogen (secondary N) is 2. The molecular weight excluding hydrogens is 258 g/mol. The summed E-state index contributed by atoms with van der Waals surface area (Å²) in [7, 11) is 0. The molecule has 0 aliphatic heterocycles. The summed E-state index contributed by atoms with van der Waals surface area (Å²) in [6.07, 6.45) is 0.445. The van der Waals surface area contributed by atoms with Crippen LogP contribution in [-0.2, 0) is 9.59 Å². The van der Waals surface area contributed by atoms with Crippen LogP contribution in [0.25, 0.3) is 0 Å². The molecule has 104 valence electrons. The number of amides is 2. The number of aliphatic hydroxyl groups excluding tert-OH is 1. The zero-order chi connectivity index (χ0) is 14.4. The highest BCUT2D eigenvalue weighted by Gasteiger charge is 2.18. The van der Waals surface area contributed by atoms with Crippen molar-refractivity contribution in [1.82, 2.24) is 5.32 Å². The molecule has 0 fully saturated rings. The number of benzene rings is 1. The van der Waals surface area contributed by atoms with Crippen LogP contribution in [0, 0.1) is 11.6 Å². The molecule has 0 aliphatic rings. The highest BCUT2D eigenvalue weighted by atomic mass is 19.1. The maximum absolute atomic E-state index is 13.2. The fraction of sp³-hybridized carbons (Fsp3) is 0.333. The van der Waals surface area contributed by atoms with Crippen LogP contribution in [-0.4, -0.2) is 29.6 Å². The second kappa shape index (κ2) is 6.79. The highest BCUT2D eigenvalue weighted by molar-refractivity contribution is 6.39. The van der Waals surface area contributed by atoms with Crippen LogP contribution >= 0.6 is 0 Å². The second-order valence-corrected chi connectivity index (χ2v) is 3.84. The molecule has 7 heteroatoms. The van der Waals surface area contributed by atoms with Gasteiger partial charge in [0.05, 0.1) is 18.3 Å². The van der Waals surface area contributed by atoms with Gasteiger partial charge in [0, 0.05) is 6.07 Å². The third-order valence-electron chi connectivity index (χ3n) is 2.43. The summed E-state index contributed by atoms with van der Waals surface area (Å²) in [6, 6.07) is 2.02. The van der Waals surface area contributed by atoms with Crippen molar-refractivity contribution in [3.63, 3.8) is 0 Å². The first-order valence-corrected chi connectivity index (χ1v) is 5.65. The number of rotatable bonds is 4. The Balaban J connectivity index is 2.66. The van der Waals surface area contributed by atoms with Crippen LogP contribution in [0.3, 0.4) is 0 Å². The van der Waals surface area contributed by atoms with E-state index < -0.39 is 29.5 Å². The van der Waals surface area contributed by atoms with Gasteiger partial charge in [0.2, 0.25) is 0 Å². The predicted octanol–water partition coefficient (Wildman–Crippen LogP) is 0.790. The Morgan fingerprint density at radius 2 is 2.00 bits per heavy atom. The molecular formula is C12H14F2N2O3. The molecule has 0 saturated heterocycles. The Bertz CT molecular complexity index is 476. The molecule has 0 radical (unpaired) electrons. The van der Waals surface area contributed by atoms with Crippen molar-refractivity contribution < 1.29 is 23.5 Å². The van der Waals surface area contributed by atoms with E-state index in [1.807, 2.05) is 5.32 Å². The van der Waals surface area contributed by atoms with Gasteiger partial charge in [0.1, 0.15) is 11.6 Å². The highest BCUT2D eigenvalue weighted by Crippen LogP contribution is 2.14. The summed E-state index contributed by atoms with van der Waals surface area (Å²) in [5.74, 6) is -3.84. The lowest BCUT2D eigenvalue weighted by Crippen LogP contribution is -2.43. The van der Waals surface area contributed by atoms with Gasteiger partial charge in [-0.1, -0.05) is 6.92 Å². The van der Waals surface area contributed by atoms with Crippen molar-refractivity contribution in [3.05, 3.63) is 29.8 Å². The molecule has 0 spiro atoms. The third-order valence-corrected chi connectivity index (χ3v) is 2.43. The summed E-state index contributed by atoms with van der Waals surface area (Å²) in [6.45, 7) is 1.42. The normalized spacial score (nSPS) is 11.8. The Morgan fingerprint density at radius 1 is 1.32 bits per heavy atom. The summed E-state index contributed by atoms with van der Waals surface area (Å²) in [5.41, 5.74) is -0.293. The van der Waals surface area contributed by atoms with Gasteiger partial charge in [-0.05, 0) is 18.6 Å². The summed E-state index contributed by atoms with van der Waals surface area (Å²) < 4.78 is 25.9. The molecule has 19 heavy (non-hydrogen) atoms. The van der Waals surface area contributed by atoms with E-state index in [-0.39, 0.29) is 12.3 Å². The quantitative estimate of drug-likeness (QED) is 0.709. The largest absolute Gasteiger partial charge is 0.394 e. The predicted molar refractivity (Wildman–Crippen MR) is 64.3 cm³/mol. The molecule has 2 amide bonds. The molecule has 0 bridgehead atoms. The van der Waals surface area contributed by atoms with Gasteiger partial charge in [0.15, 0.2) is 0 Å². The topological polar surface area (TPSA) is 78.4 Å². The minimum atomic E-state index is -1.09. The number of hydrogen-bond donors (Lipinski definition) is 3. The van der Waals surface area contributed by atoms with E-state index in [0.29, 0.717) is 12.5 Å². The Labute approximate surface area is 108 Å². The third kappa shape index (κ3) is 4.29. The molecule has 3 N–H and O–H groups in total. The molecule has 0 unspecified atom stereocenters.